The molecule has 0 saturated carbocycles. The molecule has 3 rings (SSSR count). The summed E-state index contributed by atoms with van der Waals surface area (Å²) in [5.41, 5.74) is 2.20. The molecule has 3 aromatic rings. The zero-order valence-electron chi connectivity index (χ0n) is 10.4. The Morgan fingerprint density at radius 3 is 2.72 bits per heavy atom. The van der Waals surface area contributed by atoms with Crippen molar-refractivity contribution in [1.82, 2.24) is 14.8 Å². The van der Waals surface area contributed by atoms with Crippen LogP contribution in [-0.4, -0.2) is 21.0 Å². The van der Waals surface area contributed by atoms with Crippen LogP contribution in [0.5, 0.6) is 0 Å². The minimum absolute atomic E-state index is 0. The maximum absolute atomic E-state index is 4.62. The molecule has 0 aliphatic carbocycles. The van der Waals surface area contributed by atoms with Gasteiger partial charge in [0, 0.05) is 10.5 Å². The minimum Gasteiger partial charge on any atom is -1.00 e. The number of halogens is 1. The molecule has 0 unspecified atom stereocenters. The van der Waals surface area contributed by atoms with Gasteiger partial charge in [-0.15, -0.1) is 9.67 Å². The Morgan fingerprint density at radius 2 is 2.00 bits per heavy atom. The monoisotopic (exact) mass is 372 g/mol. The number of fused-ring (bicyclic) bond motifs is 3. The van der Waals surface area contributed by atoms with E-state index < -0.39 is 0 Å². The lowest BCUT2D eigenvalue weighted by Crippen LogP contribution is -3.00. The highest BCUT2D eigenvalue weighted by Crippen LogP contribution is 2.17. The first-order valence-corrected chi connectivity index (χ1v) is 6.63. The van der Waals surface area contributed by atoms with Crippen molar-refractivity contribution in [1.29, 1.82) is 0 Å². The average Bonchev–Trinajstić information content (AvgIpc) is 2.67. The van der Waals surface area contributed by atoms with Crippen LogP contribution in [0.2, 0.25) is 0 Å². The number of rotatable bonds is 1. The Bertz CT molecular complexity index is 723. The third-order valence-electron chi connectivity index (χ3n) is 2.90. The lowest BCUT2D eigenvalue weighted by Gasteiger charge is -1.99. The molecule has 0 saturated heterocycles. The van der Waals surface area contributed by atoms with Gasteiger partial charge in [0.25, 0.3) is 0 Å². The second kappa shape index (κ2) is 5.00. The van der Waals surface area contributed by atoms with Gasteiger partial charge in [0.1, 0.15) is 11.2 Å². The second-order valence-corrected chi connectivity index (χ2v) is 4.73. The lowest BCUT2D eigenvalue weighted by atomic mass is 10.2. The van der Waals surface area contributed by atoms with E-state index in [0.717, 1.165) is 22.1 Å². The lowest BCUT2D eigenvalue weighted by molar-refractivity contribution is -0.530. The number of aryl methyl sites for hydroxylation is 2. The molecular formula is C12H13IN4S. The molecule has 0 N–H and O–H groups in total. The molecule has 6 heteroatoms. The topological polar surface area (TPSA) is 34.8 Å². The van der Waals surface area contributed by atoms with Gasteiger partial charge < -0.3 is 24.0 Å². The maximum Gasteiger partial charge on any atom is 0.387 e. The van der Waals surface area contributed by atoms with Crippen LogP contribution in [0.25, 0.3) is 16.7 Å². The summed E-state index contributed by atoms with van der Waals surface area (Å²) in [7, 11) is 1.93. The summed E-state index contributed by atoms with van der Waals surface area (Å²) < 4.78 is 3.93. The predicted molar refractivity (Wildman–Crippen MR) is 68.2 cm³/mol. The normalized spacial score (nSPS) is 10.8. The minimum atomic E-state index is 0. The molecule has 0 aliphatic rings. The highest BCUT2D eigenvalue weighted by molar-refractivity contribution is 7.98. The predicted octanol–water partition coefficient (Wildman–Crippen LogP) is -1.26. The van der Waals surface area contributed by atoms with Crippen molar-refractivity contribution in [2.75, 3.05) is 6.26 Å². The number of hydrogen-bond donors (Lipinski definition) is 0. The number of thioether (sulfide) groups is 1. The average molecular weight is 372 g/mol. The summed E-state index contributed by atoms with van der Waals surface area (Å²) in [6, 6.07) is 8.30. The van der Waals surface area contributed by atoms with Gasteiger partial charge in [0.15, 0.2) is 0 Å². The summed E-state index contributed by atoms with van der Waals surface area (Å²) >= 11 is 1.63. The SMILES string of the molecule is CSc1nn(C)c2nc(C)c3ccccc3[n+]12.[I-]. The van der Waals surface area contributed by atoms with Crippen LogP contribution in [0.3, 0.4) is 0 Å². The van der Waals surface area contributed by atoms with Gasteiger partial charge in [-0.3, -0.25) is 0 Å². The Labute approximate surface area is 126 Å². The molecule has 0 atom stereocenters. The van der Waals surface area contributed by atoms with Gasteiger partial charge in [0.05, 0.1) is 7.05 Å². The van der Waals surface area contributed by atoms with Gasteiger partial charge >= 0.3 is 10.9 Å². The molecule has 0 aliphatic heterocycles. The molecule has 0 bridgehead atoms. The zero-order valence-corrected chi connectivity index (χ0v) is 13.4. The fraction of sp³-hybridized carbons (Fsp3) is 0.250. The van der Waals surface area contributed by atoms with E-state index in [1.807, 2.05) is 37.0 Å². The van der Waals surface area contributed by atoms with Crippen LogP contribution in [0.1, 0.15) is 5.69 Å². The van der Waals surface area contributed by atoms with Crippen LogP contribution < -0.4 is 28.4 Å². The van der Waals surface area contributed by atoms with Crippen LogP contribution in [0, 0.1) is 6.92 Å². The molecule has 0 spiro atoms. The molecule has 2 heterocycles. The number of aromatic nitrogens is 4. The molecule has 4 nitrogen and oxygen atoms in total. The van der Waals surface area contributed by atoms with E-state index in [2.05, 4.69) is 26.6 Å². The van der Waals surface area contributed by atoms with E-state index in [0.29, 0.717) is 0 Å². The van der Waals surface area contributed by atoms with Crippen molar-refractivity contribution in [3.8, 4) is 0 Å². The quantitative estimate of drug-likeness (QED) is 0.304. The highest BCUT2D eigenvalue weighted by Gasteiger charge is 2.20. The Hall–Kier alpha value is -0.890. The first-order chi connectivity index (χ1) is 8.22. The molecule has 0 radical (unpaired) electrons. The fourth-order valence-corrected chi connectivity index (χ4v) is 2.66. The Kier molecular flexibility index (Phi) is 3.76. The summed E-state index contributed by atoms with van der Waals surface area (Å²) in [6.45, 7) is 2.04. The van der Waals surface area contributed by atoms with E-state index in [-0.39, 0.29) is 24.0 Å². The number of para-hydroxylation sites is 1. The molecular weight excluding hydrogens is 359 g/mol. The fourth-order valence-electron chi connectivity index (χ4n) is 2.10. The molecule has 2 aromatic heterocycles. The molecule has 1 aromatic carbocycles. The van der Waals surface area contributed by atoms with Crippen LogP contribution >= 0.6 is 11.8 Å². The first-order valence-electron chi connectivity index (χ1n) is 5.40. The van der Waals surface area contributed by atoms with Crippen molar-refractivity contribution in [2.24, 2.45) is 7.05 Å². The van der Waals surface area contributed by atoms with Gasteiger partial charge in [0.2, 0.25) is 0 Å². The third-order valence-corrected chi connectivity index (χ3v) is 3.53. The van der Waals surface area contributed by atoms with Crippen molar-refractivity contribution >= 4 is 28.4 Å². The largest absolute Gasteiger partial charge is 1.00 e. The summed E-state index contributed by atoms with van der Waals surface area (Å²) in [4.78, 5) is 4.62. The maximum atomic E-state index is 4.62. The van der Waals surface area contributed by atoms with Gasteiger partial charge in [-0.2, -0.15) is 4.40 Å². The van der Waals surface area contributed by atoms with Crippen LogP contribution in [-0.2, 0) is 7.05 Å². The smallest absolute Gasteiger partial charge is 0.387 e. The van der Waals surface area contributed by atoms with Gasteiger partial charge in [-0.25, -0.2) is 0 Å². The summed E-state index contributed by atoms with van der Waals surface area (Å²) in [5, 5.41) is 6.62. The molecule has 18 heavy (non-hydrogen) atoms. The van der Waals surface area contributed by atoms with E-state index in [1.165, 1.54) is 5.39 Å². The highest BCUT2D eigenvalue weighted by atomic mass is 127. The van der Waals surface area contributed by atoms with Crippen LogP contribution in [0.15, 0.2) is 29.4 Å². The van der Waals surface area contributed by atoms with Crippen molar-refractivity contribution in [3.63, 3.8) is 0 Å². The van der Waals surface area contributed by atoms with E-state index in [1.54, 1.807) is 11.8 Å². The number of benzene rings is 1. The summed E-state index contributed by atoms with van der Waals surface area (Å²) in [6.07, 6.45) is 2.03. The van der Waals surface area contributed by atoms with Crippen molar-refractivity contribution in [3.05, 3.63) is 30.0 Å². The van der Waals surface area contributed by atoms with Crippen molar-refractivity contribution < 1.29 is 28.4 Å². The van der Waals surface area contributed by atoms with Crippen LogP contribution in [0.4, 0.5) is 0 Å². The van der Waals surface area contributed by atoms with E-state index in [9.17, 15) is 0 Å². The third kappa shape index (κ3) is 1.87. The Morgan fingerprint density at radius 1 is 1.28 bits per heavy atom. The zero-order chi connectivity index (χ0) is 12.0. The van der Waals surface area contributed by atoms with Gasteiger partial charge in [-0.05, 0) is 25.3 Å². The Balaban J connectivity index is 0.00000120. The molecule has 0 fully saturated rings. The summed E-state index contributed by atoms with van der Waals surface area (Å²) in [5.74, 6) is 0.880. The van der Waals surface area contributed by atoms with E-state index in [4.69, 9.17) is 0 Å². The van der Waals surface area contributed by atoms with Gasteiger partial charge in [-0.1, -0.05) is 23.9 Å². The van der Waals surface area contributed by atoms with Crippen molar-refractivity contribution in [2.45, 2.75) is 12.1 Å². The number of nitrogens with zero attached hydrogens (tertiary/aromatic N) is 4. The number of hydrogen-bond acceptors (Lipinski definition) is 3. The molecule has 0 amide bonds. The first kappa shape index (κ1) is 13.5. The molecule has 94 valence electrons. The van der Waals surface area contributed by atoms with E-state index >= 15 is 0 Å². The second-order valence-electron chi connectivity index (χ2n) is 3.96. The standard InChI is InChI=1S/C12H13N4S.HI/c1-8-9-6-4-5-7-10(9)16-11(13-8)15(2)14-12(16)17-3;/h4-7H,1-3H3;1H/q+1;/p-1.